The molecule has 6 aliphatic rings. The molecule has 0 radical (unpaired) electrons. The number of urea groups is 1. The Bertz CT molecular complexity index is 4150. The first-order valence-electron chi connectivity index (χ1n) is 34.6. The number of allylic oxidation sites excluding steroid dienone is 3. The zero-order valence-electron chi connectivity index (χ0n) is 59.1. The Morgan fingerprint density at radius 1 is 0.881 bits per heavy atom. The number of nitrogens with one attached hydrogen (secondary N) is 5. The molecule has 26 heteroatoms. The van der Waals surface area contributed by atoms with E-state index in [-0.39, 0.29) is 147 Å². The lowest BCUT2D eigenvalue weighted by molar-refractivity contribution is -0.155. The van der Waals surface area contributed by atoms with Crippen LogP contribution in [-0.2, 0) is 47.8 Å². The number of ether oxygens (including phenoxy) is 4. The molecule has 0 saturated carbocycles. The SMILES string of the molecule is CO[C@H]1/C=C/O[C@@]2(C)Oc3c(C)c(O)c4c(=O)c(c5oc6cc(N7CCC(c8ccc(NC(=O)[C@H](CCCNC(N)=O)NC(=O)C(NC(=O)CCCCCN9C(=O)C=CC9=O)C(C)C)cc8)CC7)cc(O)c6nc-5c4c3C2=O)NC(=O)/C(C)=C\C=C\[C@H](C)C[C@@H](C)C[C@@H](C)[C@H](OC(C)=O)[C@@H]1C. The van der Waals surface area contributed by atoms with Gasteiger partial charge in [0.05, 0.1) is 23.3 Å². The van der Waals surface area contributed by atoms with Crippen LogP contribution in [-0.4, -0.2) is 137 Å². The van der Waals surface area contributed by atoms with Crippen molar-refractivity contribution in [3.63, 3.8) is 0 Å². The smallest absolute Gasteiger partial charge is 0.312 e. The molecule has 0 aromatic heterocycles. The number of aromatic nitrogens is 1. The molecule has 1 unspecified atom stereocenters. The lowest BCUT2D eigenvalue weighted by Crippen LogP contribution is -2.54. The summed E-state index contributed by atoms with van der Waals surface area (Å²) in [4.78, 5) is 141. The van der Waals surface area contributed by atoms with E-state index in [1.165, 1.54) is 52.4 Å². The lowest BCUT2D eigenvalue weighted by Gasteiger charge is -2.34. The fraction of sp³-hybridized carbons (Fsp3) is 0.480. The molecule has 9 N–H and O–H groups in total. The third kappa shape index (κ3) is 17.4. The maximum Gasteiger partial charge on any atom is 0.312 e. The number of Topliss-reactive ketones (excluding diaryl/α,β-unsaturated/α-hetero) is 1. The third-order valence-electron chi connectivity index (χ3n) is 19.4. The number of nitrogens with two attached hydrogens (primary N) is 1. The number of methoxy groups -OCH3 is 1. The van der Waals surface area contributed by atoms with Crippen molar-refractivity contribution in [3.8, 4) is 28.7 Å². The summed E-state index contributed by atoms with van der Waals surface area (Å²) in [6, 6.07) is 7.76. The van der Waals surface area contributed by atoms with E-state index in [0.29, 0.717) is 63.0 Å². The summed E-state index contributed by atoms with van der Waals surface area (Å²) in [5.41, 5.74) is 5.88. The number of esters is 1. The number of piperidine rings is 1. The third-order valence-corrected chi connectivity index (χ3v) is 19.4. The Balaban J connectivity index is 0.945. The number of nitrogens with zero attached hydrogens (tertiary/aromatic N) is 3. The minimum Gasteiger partial charge on any atom is -0.507 e. The van der Waals surface area contributed by atoms with Crippen LogP contribution in [0.1, 0.15) is 154 Å². The Labute approximate surface area is 586 Å². The summed E-state index contributed by atoms with van der Waals surface area (Å²) >= 11 is 0. The van der Waals surface area contributed by atoms with Crippen molar-refractivity contribution in [2.75, 3.05) is 48.8 Å². The van der Waals surface area contributed by atoms with Crippen LogP contribution in [0.4, 0.5) is 21.9 Å². The number of carbonyl (C=O) groups excluding carboxylic acids is 9. The van der Waals surface area contributed by atoms with Crippen LogP contribution in [0, 0.1) is 36.5 Å². The first kappa shape index (κ1) is 75.1. The molecule has 5 heterocycles. The molecule has 540 valence electrons. The molecule has 4 bridgehead atoms. The van der Waals surface area contributed by atoms with Gasteiger partial charge in [-0.3, -0.25) is 48.1 Å². The zero-order valence-corrected chi connectivity index (χ0v) is 59.1. The van der Waals surface area contributed by atoms with E-state index >= 15 is 9.59 Å². The first-order valence-corrected chi connectivity index (χ1v) is 34.6. The molecule has 3 aromatic rings. The Morgan fingerprint density at radius 2 is 1.58 bits per heavy atom. The minimum absolute atomic E-state index is 0.0208. The summed E-state index contributed by atoms with van der Waals surface area (Å²) in [5, 5.41) is 37.2. The van der Waals surface area contributed by atoms with Crippen LogP contribution in [0.2, 0.25) is 0 Å². The average Bonchev–Trinajstić information content (AvgIpc) is 1.66. The van der Waals surface area contributed by atoms with Gasteiger partial charge < -0.3 is 70.8 Å². The van der Waals surface area contributed by atoms with E-state index in [1.807, 2.05) is 32.1 Å². The van der Waals surface area contributed by atoms with E-state index < -0.39 is 82.7 Å². The molecule has 26 nitrogen and oxygen atoms in total. The van der Waals surface area contributed by atoms with Gasteiger partial charge in [-0.25, -0.2) is 9.78 Å². The molecule has 101 heavy (non-hydrogen) atoms. The number of fused-ring (bicyclic) bond motifs is 2. The van der Waals surface area contributed by atoms with Crippen LogP contribution in [0.25, 0.3) is 33.3 Å². The number of ketones is 1. The molecule has 1 aliphatic carbocycles. The van der Waals surface area contributed by atoms with Crippen molar-refractivity contribution in [2.24, 2.45) is 35.3 Å². The number of anilines is 3. The van der Waals surface area contributed by atoms with Crippen molar-refractivity contribution < 1.29 is 76.7 Å². The van der Waals surface area contributed by atoms with Gasteiger partial charge in [-0.1, -0.05) is 78.3 Å². The monoisotopic (exact) mass is 1390 g/mol. The van der Waals surface area contributed by atoms with Gasteiger partial charge in [0.25, 0.3) is 23.5 Å². The number of benzene rings is 4. The molecule has 9 rings (SSSR count). The number of hydrogen-bond donors (Lipinski definition) is 8. The molecule has 3 aromatic carbocycles. The zero-order chi connectivity index (χ0) is 73.3. The predicted octanol–water partition coefficient (Wildman–Crippen LogP) is 9.60. The largest absolute Gasteiger partial charge is 0.507 e. The van der Waals surface area contributed by atoms with Crippen molar-refractivity contribution in [3.05, 3.63) is 112 Å². The highest BCUT2D eigenvalue weighted by Crippen LogP contribution is 2.51. The number of aromatic hydroxyl groups is 2. The van der Waals surface area contributed by atoms with Crippen LogP contribution in [0.3, 0.4) is 0 Å². The van der Waals surface area contributed by atoms with Gasteiger partial charge in [0.2, 0.25) is 23.2 Å². The van der Waals surface area contributed by atoms with Crippen LogP contribution in [0.15, 0.2) is 93.9 Å². The highest BCUT2D eigenvalue weighted by molar-refractivity contribution is 6.22. The van der Waals surface area contributed by atoms with Gasteiger partial charge in [-0.15, -0.1) is 0 Å². The van der Waals surface area contributed by atoms with Crippen LogP contribution < -0.4 is 47.4 Å². The summed E-state index contributed by atoms with van der Waals surface area (Å²) in [6.07, 6.45) is 14.3. The van der Waals surface area contributed by atoms with Crippen molar-refractivity contribution in [2.45, 2.75) is 169 Å². The van der Waals surface area contributed by atoms with E-state index in [4.69, 9.17) is 34.1 Å². The normalized spacial score (nSPS) is 23.3. The van der Waals surface area contributed by atoms with Crippen LogP contribution in [0.5, 0.6) is 17.2 Å². The van der Waals surface area contributed by atoms with Crippen molar-refractivity contribution in [1.82, 2.24) is 25.8 Å². The van der Waals surface area contributed by atoms with Gasteiger partial charge in [-0.05, 0) is 119 Å². The standard InChI is InChI=1S/C75H93N9O17/c1-39(2)61(80-55(87)20-13-12-14-31-84-56(88)25-26-57(84)89)73(95)79-51(19-16-30-77-74(76)96)72(94)78-49-23-21-47(22-24-49)48-27-32-83(33-28-48)50-37-52(86)62-54(38-50)100-69-63(81-62)58-59-65(90)45(8)68-60(58)70(92)75(10,101-68)98-34-29-53(97-11)44(7)67(99-46(9)85)43(6)36-41(4)35-40(3)17-15-18-42(5)71(93)82-64(69)66(59)91/h15,17-18,21-26,29,34,37-41,43-44,48,51,53,61,67,86,90H,12-14,16,19-20,27-28,30-33,35-36H2,1-11H3,(H,78,94)(H,79,95)(H,80,87)(H,82,93)(H3,76,77,96)/b17-15+,34-29+,42-18-/t40-,41+,43+,44+,51-,53-,61?,67-,75-/m0/s1. The number of phenolic OH excluding ortho intramolecular Hbond substituents is 2. The maximum absolute atomic E-state index is 15.2. The Morgan fingerprint density at radius 3 is 2.25 bits per heavy atom. The predicted molar refractivity (Wildman–Crippen MR) is 379 cm³/mol. The second-order valence-electron chi connectivity index (χ2n) is 27.6. The van der Waals surface area contributed by atoms with E-state index in [9.17, 15) is 48.6 Å². The number of phenols is 2. The number of primary amides is 1. The number of carbonyl (C=O) groups is 9. The second-order valence-corrected chi connectivity index (χ2v) is 27.6. The number of unbranched alkanes of at least 4 members (excludes halogenated alkanes) is 2. The van der Waals surface area contributed by atoms with Crippen molar-refractivity contribution >= 4 is 92.2 Å². The summed E-state index contributed by atoms with van der Waals surface area (Å²) in [6.45, 7) is 18.9. The molecule has 8 amide bonds. The topological polar surface area (TPSA) is 367 Å². The fourth-order valence-corrected chi connectivity index (χ4v) is 14.0. The number of rotatable bonds is 20. The van der Waals surface area contributed by atoms with Crippen LogP contribution >= 0.6 is 0 Å². The van der Waals surface area contributed by atoms with E-state index in [2.05, 4.69) is 45.3 Å². The first-order chi connectivity index (χ1) is 48.0. The van der Waals surface area contributed by atoms with Gasteiger partial charge in [0, 0.05) is 112 Å². The second kappa shape index (κ2) is 32.5. The van der Waals surface area contributed by atoms with Crippen molar-refractivity contribution in [1.29, 1.82) is 0 Å². The summed E-state index contributed by atoms with van der Waals surface area (Å²) < 4.78 is 31.0. The number of amides is 8. The lowest BCUT2D eigenvalue weighted by atomic mass is 9.82. The minimum atomic E-state index is -2.08. The Kier molecular flexibility index (Phi) is 24.1. The summed E-state index contributed by atoms with van der Waals surface area (Å²) in [7, 11) is 1.51. The van der Waals surface area contributed by atoms with Gasteiger partial charge in [-0.2, -0.15) is 0 Å². The molecule has 5 aliphatic heterocycles. The van der Waals surface area contributed by atoms with E-state index in [1.54, 1.807) is 57.2 Å². The molecule has 0 spiro atoms. The fourth-order valence-electron chi connectivity index (χ4n) is 14.0. The maximum atomic E-state index is 15.2. The van der Waals surface area contributed by atoms with Gasteiger partial charge in [0.1, 0.15) is 52.3 Å². The molecule has 1 saturated heterocycles. The molecular weight excluding hydrogens is 1300 g/mol. The highest BCUT2D eigenvalue weighted by Gasteiger charge is 2.50. The molecule has 1 fully saturated rings. The summed E-state index contributed by atoms with van der Waals surface area (Å²) in [5.74, 6) is -7.93. The van der Waals surface area contributed by atoms with Gasteiger partial charge >= 0.3 is 17.8 Å². The average molecular weight is 1390 g/mol. The number of imide groups is 1. The van der Waals surface area contributed by atoms with Gasteiger partial charge in [0.15, 0.2) is 11.3 Å². The highest BCUT2D eigenvalue weighted by atomic mass is 16.7. The Hall–Kier alpha value is -10.1. The number of hydrogen-bond acceptors (Lipinski definition) is 19. The quantitative estimate of drug-likeness (QED) is 0.0118. The molecular formula is C75H93N9O17. The molecule has 9 atom stereocenters. The van der Waals surface area contributed by atoms with E-state index in [0.717, 1.165) is 16.9 Å².